The molecule has 4 aromatic rings. The number of aromatic hydroxyl groups is 1. The van der Waals surface area contributed by atoms with Crippen LogP contribution in [0.3, 0.4) is 0 Å². The molecule has 0 aliphatic carbocycles. The Kier molecular flexibility index (Phi) is 12.9. The van der Waals surface area contributed by atoms with E-state index in [9.17, 15) is 29.9 Å². The molecule has 1 amide bonds. The number of likely N-dealkylation sites (tertiary alicyclic amines) is 1. The fourth-order valence-corrected chi connectivity index (χ4v) is 7.21. The number of morpholine rings is 1. The molecule has 15 nitrogen and oxygen atoms in total. The number of carbonyl (C=O) groups is 1. The van der Waals surface area contributed by atoms with Crippen LogP contribution < -0.4 is 15.8 Å². The number of aliphatic hydroxyl groups is 1. The molecule has 15 heteroatoms. The van der Waals surface area contributed by atoms with Gasteiger partial charge in [0.15, 0.2) is 0 Å². The number of ether oxygens (including phenoxy) is 2. The number of hydrogen-bond donors (Lipinski definition) is 4. The number of phenolic OH excluding ortho intramolecular Hbond substituents is 1. The maximum absolute atomic E-state index is 12.7. The second-order valence-corrected chi connectivity index (χ2v) is 14.1. The van der Waals surface area contributed by atoms with Crippen molar-refractivity contribution in [1.29, 1.82) is 0 Å². The third-order valence-corrected chi connectivity index (χ3v) is 10.3. The van der Waals surface area contributed by atoms with Gasteiger partial charge in [-0.25, -0.2) is 4.98 Å². The maximum atomic E-state index is 12.7. The van der Waals surface area contributed by atoms with Crippen LogP contribution in [0.5, 0.6) is 5.75 Å². The van der Waals surface area contributed by atoms with Crippen molar-refractivity contribution in [1.82, 2.24) is 25.1 Å². The molecular weight excluding hydrogens is 694 g/mol. The second kappa shape index (κ2) is 17.9. The quantitative estimate of drug-likeness (QED) is 0.0748. The summed E-state index contributed by atoms with van der Waals surface area (Å²) in [5.74, 6) is 0.537. The smallest absolute Gasteiger partial charge is 0.274 e. The zero-order valence-electron chi connectivity index (χ0n) is 30.6. The van der Waals surface area contributed by atoms with Gasteiger partial charge in [-0.05, 0) is 48.1 Å². The molecule has 54 heavy (non-hydrogen) atoms. The molecule has 1 unspecified atom stereocenters. The maximum Gasteiger partial charge on any atom is 0.274 e. The lowest BCUT2D eigenvalue weighted by Crippen LogP contribution is -2.57. The number of nitro groups is 1. The van der Waals surface area contributed by atoms with Gasteiger partial charge in [-0.1, -0.05) is 30.3 Å². The normalized spacial score (nSPS) is 16.4. The average molecular weight is 744 g/mol. The van der Waals surface area contributed by atoms with Crippen LogP contribution in [-0.2, 0) is 27.2 Å². The number of hydrogen-bond acceptors (Lipinski definition) is 12. The molecule has 1 spiro atoms. The molecule has 6 rings (SSSR count). The Morgan fingerprint density at radius 2 is 1.94 bits per heavy atom. The highest BCUT2D eigenvalue weighted by Gasteiger charge is 2.40. The van der Waals surface area contributed by atoms with Gasteiger partial charge in [0.25, 0.3) is 5.69 Å². The van der Waals surface area contributed by atoms with Crippen LogP contribution in [0.1, 0.15) is 42.1 Å². The summed E-state index contributed by atoms with van der Waals surface area (Å²) in [5, 5.41) is 35.8. The third kappa shape index (κ3) is 9.98. The fourth-order valence-electron chi connectivity index (χ4n) is 7.21. The Morgan fingerprint density at radius 3 is 2.76 bits per heavy atom. The molecule has 2 aliphatic heterocycles. The summed E-state index contributed by atoms with van der Waals surface area (Å²) >= 11 is 0. The zero-order chi connectivity index (χ0) is 38.1. The second-order valence-electron chi connectivity index (χ2n) is 14.1. The third-order valence-electron chi connectivity index (χ3n) is 10.3. The topological polar surface area (TPSA) is 187 Å². The number of fused-ring (bicyclic) bond motifs is 1. The number of benzene rings is 2. The number of phenols is 1. The number of piperidine rings is 1. The number of pyridine rings is 2. The van der Waals surface area contributed by atoms with E-state index in [0.29, 0.717) is 62.8 Å². The van der Waals surface area contributed by atoms with Gasteiger partial charge in [0, 0.05) is 83.1 Å². The van der Waals surface area contributed by atoms with Crippen LogP contribution in [0.15, 0.2) is 71.7 Å². The van der Waals surface area contributed by atoms with Gasteiger partial charge in [0.05, 0.1) is 54.5 Å². The lowest BCUT2D eigenvalue weighted by molar-refractivity contribution is -0.384. The Morgan fingerprint density at radius 1 is 1.13 bits per heavy atom. The van der Waals surface area contributed by atoms with E-state index < -0.39 is 6.10 Å². The number of aromatic nitrogens is 2. The summed E-state index contributed by atoms with van der Waals surface area (Å²) in [6.45, 7) is 6.54. The summed E-state index contributed by atoms with van der Waals surface area (Å²) in [7, 11) is 1.74. The van der Waals surface area contributed by atoms with Gasteiger partial charge >= 0.3 is 0 Å². The molecule has 0 radical (unpaired) electrons. The summed E-state index contributed by atoms with van der Waals surface area (Å²) < 4.78 is 12.1. The summed E-state index contributed by atoms with van der Waals surface area (Å²) in [4.78, 5) is 48.4. The van der Waals surface area contributed by atoms with Crippen molar-refractivity contribution in [3.63, 3.8) is 0 Å². The number of amides is 1. The minimum Gasteiger partial charge on any atom is -0.506 e. The summed E-state index contributed by atoms with van der Waals surface area (Å²) in [6.07, 6.45) is 3.40. The zero-order valence-corrected chi connectivity index (χ0v) is 30.6. The van der Waals surface area contributed by atoms with Crippen molar-refractivity contribution >= 4 is 28.3 Å². The highest BCUT2D eigenvalue weighted by molar-refractivity contribution is 5.87. The van der Waals surface area contributed by atoms with Crippen molar-refractivity contribution < 1.29 is 29.4 Å². The van der Waals surface area contributed by atoms with E-state index in [0.717, 1.165) is 38.9 Å². The molecule has 2 fully saturated rings. The van der Waals surface area contributed by atoms with Gasteiger partial charge in [-0.2, -0.15) is 0 Å². The monoisotopic (exact) mass is 743 g/mol. The van der Waals surface area contributed by atoms with Crippen molar-refractivity contribution in [2.24, 2.45) is 0 Å². The minimum atomic E-state index is -0.870. The number of aromatic amines is 1. The first-order valence-corrected chi connectivity index (χ1v) is 18.4. The molecule has 0 saturated carbocycles. The van der Waals surface area contributed by atoms with E-state index in [2.05, 4.69) is 49.4 Å². The average Bonchev–Trinajstić information content (AvgIpc) is 3.17. The van der Waals surface area contributed by atoms with E-state index in [1.807, 2.05) is 0 Å². The van der Waals surface area contributed by atoms with Gasteiger partial charge < -0.3 is 39.8 Å². The predicted molar refractivity (Wildman–Crippen MR) is 204 cm³/mol. The molecule has 288 valence electrons. The van der Waals surface area contributed by atoms with E-state index >= 15 is 0 Å². The fraction of sp³-hybridized carbons (Fsp3) is 0.462. The molecule has 2 aromatic carbocycles. The Hall–Kier alpha value is -4.93. The molecule has 2 aliphatic rings. The lowest BCUT2D eigenvalue weighted by atomic mass is 9.89. The van der Waals surface area contributed by atoms with Crippen LogP contribution in [0.2, 0.25) is 0 Å². The van der Waals surface area contributed by atoms with Gasteiger partial charge in [-0.15, -0.1) is 0 Å². The lowest BCUT2D eigenvalue weighted by Gasteiger charge is -2.47. The molecule has 4 N–H and O–H groups in total. The summed E-state index contributed by atoms with van der Waals surface area (Å²) in [6, 6.07) is 17.5. The van der Waals surface area contributed by atoms with Gasteiger partial charge in [0.1, 0.15) is 11.6 Å². The Bertz CT molecular complexity index is 1970. The van der Waals surface area contributed by atoms with E-state index in [1.165, 1.54) is 41.6 Å². The number of nitrogens with one attached hydrogen (secondary N) is 2. The van der Waals surface area contributed by atoms with Crippen LogP contribution in [0.25, 0.3) is 10.9 Å². The number of carbonyl (C=O) groups excluding carboxylic acids is 1. The van der Waals surface area contributed by atoms with Crippen LogP contribution in [0, 0.1) is 10.1 Å². The first-order valence-electron chi connectivity index (χ1n) is 18.4. The number of H-pyrrole nitrogens is 1. The minimum absolute atomic E-state index is 0.0248. The van der Waals surface area contributed by atoms with Crippen molar-refractivity contribution in [3.05, 3.63) is 104 Å². The van der Waals surface area contributed by atoms with Crippen molar-refractivity contribution in [2.75, 3.05) is 77.6 Å². The predicted octanol–water partition coefficient (Wildman–Crippen LogP) is 3.14. The molecular formula is C39H49N7O8. The largest absolute Gasteiger partial charge is 0.506 e. The molecule has 1 atom stereocenters. The summed E-state index contributed by atoms with van der Waals surface area (Å²) in [5.41, 5.74) is 2.71. The SMILES string of the molecule is CN(CCNCC(O)c1ccc(O)c2[nH]c(=O)ccc12)C(=O)CCOCCc1cccc(CN2CCC3(CC2)CN(c2cc([N+](=O)[O-])ccn2)CCO3)c1. The van der Waals surface area contributed by atoms with Crippen molar-refractivity contribution in [3.8, 4) is 5.75 Å². The van der Waals surface area contributed by atoms with Crippen LogP contribution in [0.4, 0.5) is 11.5 Å². The number of aliphatic hydroxyl groups excluding tert-OH is 1. The van der Waals surface area contributed by atoms with Gasteiger partial charge in [-0.3, -0.25) is 24.6 Å². The van der Waals surface area contributed by atoms with E-state index in [-0.39, 0.29) is 51.9 Å². The standard InChI is InChI=1S/C39H49N7O8/c1-43(18-15-40-25-34(48)31-5-7-33(47)38-32(31)6-8-36(49)42-38)37(50)11-21-53-20-10-28-3-2-4-29(23-28)26-44-16-12-39(13-17-44)27-45(19-22-54-39)35-24-30(46(51)52)9-14-41-35/h2-9,14,23-24,34,40,47-48H,10-13,15-22,25-27H2,1H3,(H,42,49). The molecule has 4 heterocycles. The highest BCUT2D eigenvalue weighted by atomic mass is 16.6. The van der Waals surface area contributed by atoms with Gasteiger partial charge in [0.2, 0.25) is 11.5 Å². The molecule has 0 bridgehead atoms. The highest BCUT2D eigenvalue weighted by Crippen LogP contribution is 2.33. The molecule has 2 aromatic heterocycles. The number of nitrogens with zero attached hydrogens (tertiary/aromatic N) is 5. The number of likely N-dealkylation sites (N-methyl/N-ethyl adjacent to an activating group) is 1. The van der Waals surface area contributed by atoms with Crippen LogP contribution in [-0.4, -0.2) is 119 Å². The van der Waals surface area contributed by atoms with E-state index in [4.69, 9.17) is 9.47 Å². The van der Waals surface area contributed by atoms with Crippen LogP contribution >= 0.6 is 0 Å². The first kappa shape index (κ1) is 38.8. The first-order chi connectivity index (χ1) is 26.1. The molecule has 2 saturated heterocycles. The Balaban J connectivity index is 0.858. The number of rotatable bonds is 16. The number of anilines is 1. The van der Waals surface area contributed by atoms with E-state index in [1.54, 1.807) is 24.1 Å². The Labute approximate surface area is 313 Å². The van der Waals surface area contributed by atoms with Crippen molar-refractivity contribution in [2.45, 2.75) is 43.9 Å².